The third-order valence-corrected chi connectivity index (χ3v) is 3.10. The minimum Gasteiger partial charge on any atom is -0.340 e. The summed E-state index contributed by atoms with van der Waals surface area (Å²) in [7, 11) is 2.00. The highest BCUT2D eigenvalue weighted by atomic mass is 79.9. The summed E-state index contributed by atoms with van der Waals surface area (Å²) in [6.07, 6.45) is 3.69. The van der Waals surface area contributed by atoms with Gasteiger partial charge in [-0.3, -0.25) is 0 Å². The SMILES string of the molecule is CN(Cc1ccccc1)c1ncc(CBr)cn1. The Labute approximate surface area is 110 Å². The zero-order valence-electron chi connectivity index (χ0n) is 9.68. The van der Waals surface area contributed by atoms with Crippen LogP contribution in [-0.2, 0) is 11.9 Å². The van der Waals surface area contributed by atoms with E-state index in [-0.39, 0.29) is 0 Å². The van der Waals surface area contributed by atoms with E-state index in [0.717, 1.165) is 23.4 Å². The summed E-state index contributed by atoms with van der Waals surface area (Å²) >= 11 is 3.38. The van der Waals surface area contributed by atoms with Gasteiger partial charge in [-0.15, -0.1) is 0 Å². The summed E-state index contributed by atoms with van der Waals surface area (Å²) in [5.41, 5.74) is 2.34. The minimum absolute atomic E-state index is 0.749. The van der Waals surface area contributed by atoms with Crippen molar-refractivity contribution in [1.29, 1.82) is 0 Å². The van der Waals surface area contributed by atoms with Crippen molar-refractivity contribution in [2.45, 2.75) is 11.9 Å². The average Bonchev–Trinajstić information content (AvgIpc) is 2.40. The Balaban J connectivity index is 2.06. The van der Waals surface area contributed by atoms with Crippen LogP contribution in [0.3, 0.4) is 0 Å². The normalized spacial score (nSPS) is 10.2. The largest absolute Gasteiger partial charge is 0.340 e. The fraction of sp³-hybridized carbons (Fsp3) is 0.231. The monoisotopic (exact) mass is 291 g/mol. The van der Waals surface area contributed by atoms with Gasteiger partial charge in [0.05, 0.1) is 0 Å². The van der Waals surface area contributed by atoms with E-state index >= 15 is 0 Å². The van der Waals surface area contributed by atoms with E-state index in [9.17, 15) is 0 Å². The van der Waals surface area contributed by atoms with Gasteiger partial charge >= 0.3 is 0 Å². The molecule has 0 radical (unpaired) electrons. The third kappa shape index (κ3) is 3.27. The van der Waals surface area contributed by atoms with Crippen molar-refractivity contribution >= 4 is 21.9 Å². The van der Waals surface area contributed by atoms with Crippen LogP contribution in [0.25, 0.3) is 0 Å². The Morgan fingerprint density at radius 2 is 1.71 bits per heavy atom. The number of hydrogen-bond donors (Lipinski definition) is 0. The van der Waals surface area contributed by atoms with E-state index in [1.165, 1.54) is 5.56 Å². The molecular weight excluding hydrogens is 278 g/mol. The van der Waals surface area contributed by atoms with E-state index in [0.29, 0.717) is 0 Å². The molecule has 17 heavy (non-hydrogen) atoms. The quantitative estimate of drug-likeness (QED) is 0.811. The molecule has 0 saturated carbocycles. The second-order valence-corrected chi connectivity index (χ2v) is 4.43. The summed E-state index contributed by atoms with van der Waals surface area (Å²) in [6, 6.07) is 10.3. The number of nitrogens with zero attached hydrogens (tertiary/aromatic N) is 3. The van der Waals surface area contributed by atoms with Crippen LogP contribution in [0.5, 0.6) is 0 Å². The van der Waals surface area contributed by atoms with Gasteiger partial charge in [-0.1, -0.05) is 46.3 Å². The second-order valence-electron chi connectivity index (χ2n) is 3.87. The van der Waals surface area contributed by atoms with Crippen molar-refractivity contribution in [3.63, 3.8) is 0 Å². The number of aromatic nitrogens is 2. The standard InChI is InChI=1S/C13H14BrN3/c1-17(10-11-5-3-2-4-6-11)13-15-8-12(7-14)9-16-13/h2-6,8-9H,7,10H2,1H3. The first-order chi connectivity index (χ1) is 8.29. The van der Waals surface area contributed by atoms with Gasteiger partial charge in [-0.05, 0) is 11.1 Å². The Morgan fingerprint density at radius 3 is 2.29 bits per heavy atom. The lowest BCUT2D eigenvalue weighted by atomic mass is 10.2. The van der Waals surface area contributed by atoms with E-state index < -0.39 is 0 Å². The van der Waals surface area contributed by atoms with E-state index in [1.54, 1.807) is 0 Å². The van der Waals surface area contributed by atoms with Crippen LogP contribution < -0.4 is 4.90 Å². The molecule has 0 atom stereocenters. The van der Waals surface area contributed by atoms with Crippen molar-refractivity contribution < 1.29 is 0 Å². The average molecular weight is 292 g/mol. The van der Waals surface area contributed by atoms with Crippen LogP contribution in [-0.4, -0.2) is 17.0 Å². The fourth-order valence-electron chi connectivity index (χ4n) is 1.54. The molecule has 0 bridgehead atoms. The van der Waals surface area contributed by atoms with Crippen LogP contribution in [0.4, 0.5) is 5.95 Å². The van der Waals surface area contributed by atoms with Gasteiger partial charge in [0.25, 0.3) is 0 Å². The van der Waals surface area contributed by atoms with Gasteiger partial charge in [0.15, 0.2) is 0 Å². The number of alkyl halides is 1. The highest BCUT2D eigenvalue weighted by Gasteiger charge is 2.04. The molecule has 0 amide bonds. The first-order valence-electron chi connectivity index (χ1n) is 5.41. The summed E-state index contributed by atoms with van der Waals surface area (Å²) in [5, 5.41) is 0.787. The summed E-state index contributed by atoms with van der Waals surface area (Å²) in [6.45, 7) is 0.814. The topological polar surface area (TPSA) is 29.0 Å². The van der Waals surface area contributed by atoms with E-state index in [2.05, 4.69) is 38.0 Å². The zero-order valence-corrected chi connectivity index (χ0v) is 11.3. The predicted octanol–water partition coefficient (Wildman–Crippen LogP) is 3.01. The molecule has 4 heteroatoms. The van der Waals surface area contributed by atoms with E-state index in [4.69, 9.17) is 0 Å². The van der Waals surface area contributed by atoms with Crippen LogP contribution in [0.2, 0.25) is 0 Å². The molecule has 88 valence electrons. The van der Waals surface area contributed by atoms with Crippen molar-refractivity contribution in [2.24, 2.45) is 0 Å². The molecule has 0 aliphatic heterocycles. The molecule has 0 saturated heterocycles. The highest BCUT2D eigenvalue weighted by molar-refractivity contribution is 9.08. The highest BCUT2D eigenvalue weighted by Crippen LogP contribution is 2.11. The first kappa shape index (κ1) is 12.0. The van der Waals surface area contributed by atoms with Gasteiger partial charge in [-0.25, -0.2) is 9.97 Å². The van der Waals surface area contributed by atoms with Crippen molar-refractivity contribution in [3.05, 3.63) is 53.9 Å². The van der Waals surface area contributed by atoms with Gasteiger partial charge in [0.2, 0.25) is 5.95 Å². The number of rotatable bonds is 4. The second kappa shape index (κ2) is 5.77. The lowest BCUT2D eigenvalue weighted by molar-refractivity contribution is 0.863. The Kier molecular flexibility index (Phi) is 4.09. The Hall–Kier alpha value is -1.42. The van der Waals surface area contributed by atoms with Crippen LogP contribution in [0.1, 0.15) is 11.1 Å². The molecule has 1 aromatic carbocycles. The maximum atomic E-state index is 4.33. The molecule has 0 fully saturated rings. The number of hydrogen-bond acceptors (Lipinski definition) is 3. The molecule has 0 aliphatic rings. The summed E-state index contributed by atoms with van der Waals surface area (Å²) < 4.78 is 0. The van der Waals surface area contributed by atoms with Crippen LogP contribution in [0.15, 0.2) is 42.7 Å². The first-order valence-corrected chi connectivity index (χ1v) is 6.53. The lowest BCUT2D eigenvalue weighted by Gasteiger charge is -2.16. The fourth-order valence-corrected chi connectivity index (χ4v) is 1.83. The number of benzene rings is 1. The van der Waals surface area contributed by atoms with Gasteiger partial charge < -0.3 is 4.90 Å². The van der Waals surface area contributed by atoms with Crippen molar-refractivity contribution in [3.8, 4) is 0 Å². The zero-order chi connectivity index (χ0) is 12.1. The molecule has 1 heterocycles. The van der Waals surface area contributed by atoms with E-state index in [1.807, 2.05) is 42.5 Å². The van der Waals surface area contributed by atoms with Crippen molar-refractivity contribution in [2.75, 3.05) is 11.9 Å². The molecule has 0 N–H and O–H groups in total. The molecule has 1 aromatic heterocycles. The maximum absolute atomic E-state index is 4.33. The lowest BCUT2D eigenvalue weighted by Crippen LogP contribution is -2.18. The Bertz CT molecular complexity index is 456. The summed E-state index contributed by atoms with van der Waals surface area (Å²) in [4.78, 5) is 10.7. The third-order valence-electron chi connectivity index (χ3n) is 2.45. The minimum atomic E-state index is 0.749. The van der Waals surface area contributed by atoms with Crippen molar-refractivity contribution in [1.82, 2.24) is 9.97 Å². The predicted molar refractivity (Wildman–Crippen MR) is 73.2 cm³/mol. The van der Waals surface area contributed by atoms with Crippen LogP contribution >= 0.6 is 15.9 Å². The number of halogens is 1. The van der Waals surface area contributed by atoms with Crippen LogP contribution in [0, 0.1) is 0 Å². The molecular formula is C13H14BrN3. The molecule has 3 nitrogen and oxygen atoms in total. The summed E-state index contributed by atoms with van der Waals surface area (Å²) in [5.74, 6) is 0.749. The van der Waals surface area contributed by atoms with Gasteiger partial charge in [-0.2, -0.15) is 0 Å². The van der Waals surface area contributed by atoms with Gasteiger partial charge in [0, 0.05) is 31.3 Å². The maximum Gasteiger partial charge on any atom is 0.225 e. The molecule has 0 spiro atoms. The van der Waals surface area contributed by atoms with Gasteiger partial charge in [0.1, 0.15) is 0 Å². The molecule has 2 aromatic rings. The smallest absolute Gasteiger partial charge is 0.225 e. The molecule has 0 aliphatic carbocycles. The molecule has 0 unspecified atom stereocenters. The Morgan fingerprint density at radius 1 is 1.06 bits per heavy atom. The molecule has 2 rings (SSSR count). The number of anilines is 1.